The standard InChI is InChI=1S/C20H29NO5/c1-19(2,3)25-17(23)13-16(22)15(12-14-10-8-7-9-11-14)21-18(24)26-20(4,5)6/h7-11,15H,12-13H2,1-6H3,(H,21,24)/t15-/m0/s1. The van der Waals surface area contributed by atoms with E-state index in [4.69, 9.17) is 9.47 Å². The summed E-state index contributed by atoms with van der Waals surface area (Å²) >= 11 is 0. The van der Waals surface area contributed by atoms with E-state index in [2.05, 4.69) is 5.32 Å². The van der Waals surface area contributed by atoms with E-state index in [-0.39, 0.29) is 6.42 Å². The van der Waals surface area contributed by atoms with E-state index in [1.54, 1.807) is 41.5 Å². The largest absolute Gasteiger partial charge is 0.460 e. The Bertz CT molecular complexity index is 626. The van der Waals surface area contributed by atoms with Crippen molar-refractivity contribution in [2.24, 2.45) is 0 Å². The number of esters is 1. The van der Waals surface area contributed by atoms with Crippen molar-refractivity contribution in [3.63, 3.8) is 0 Å². The van der Waals surface area contributed by atoms with Crippen LogP contribution in [0.3, 0.4) is 0 Å². The van der Waals surface area contributed by atoms with Crippen LogP contribution in [0.1, 0.15) is 53.5 Å². The summed E-state index contributed by atoms with van der Waals surface area (Å²) in [5.41, 5.74) is -0.494. The van der Waals surface area contributed by atoms with Gasteiger partial charge in [-0.25, -0.2) is 4.79 Å². The third kappa shape index (κ3) is 9.20. The number of amides is 1. The number of ether oxygens (including phenoxy) is 2. The third-order valence-electron chi connectivity index (χ3n) is 3.10. The predicted octanol–water partition coefficient (Wildman–Crippen LogP) is 3.42. The van der Waals surface area contributed by atoms with Crippen LogP contribution in [0.2, 0.25) is 0 Å². The molecule has 6 nitrogen and oxygen atoms in total. The van der Waals surface area contributed by atoms with Crippen molar-refractivity contribution in [3.05, 3.63) is 35.9 Å². The molecule has 0 spiro atoms. The Hall–Kier alpha value is -2.37. The van der Waals surface area contributed by atoms with E-state index in [0.717, 1.165) is 5.56 Å². The summed E-state index contributed by atoms with van der Waals surface area (Å²) in [4.78, 5) is 36.6. The first-order valence-corrected chi connectivity index (χ1v) is 8.64. The fourth-order valence-electron chi connectivity index (χ4n) is 2.19. The Labute approximate surface area is 155 Å². The molecular weight excluding hydrogens is 334 g/mol. The molecule has 1 N–H and O–H groups in total. The lowest BCUT2D eigenvalue weighted by molar-refractivity contribution is -0.156. The molecule has 0 radical (unpaired) electrons. The van der Waals surface area contributed by atoms with Gasteiger partial charge in [-0.2, -0.15) is 0 Å². The number of carbonyl (C=O) groups excluding carboxylic acids is 3. The Morgan fingerprint density at radius 1 is 0.923 bits per heavy atom. The highest BCUT2D eigenvalue weighted by Gasteiger charge is 2.27. The lowest BCUT2D eigenvalue weighted by atomic mass is 10.0. The van der Waals surface area contributed by atoms with Crippen molar-refractivity contribution in [2.75, 3.05) is 0 Å². The quantitative estimate of drug-likeness (QED) is 0.618. The monoisotopic (exact) mass is 363 g/mol. The van der Waals surface area contributed by atoms with Crippen LogP contribution < -0.4 is 5.32 Å². The summed E-state index contributed by atoms with van der Waals surface area (Å²) in [7, 11) is 0. The minimum atomic E-state index is -0.875. The lowest BCUT2D eigenvalue weighted by Crippen LogP contribution is -2.45. The Kier molecular flexibility index (Phi) is 7.36. The zero-order valence-corrected chi connectivity index (χ0v) is 16.4. The molecule has 0 aromatic heterocycles. The summed E-state index contributed by atoms with van der Waals surface area (Å²) in [5, 5.41) is 2.57. The molecule has 1 aromatic rings. The first-order valence-electron chi connectivity index (χ1n) is 8.64. The average molecular weight is 363 g/mol. The second kappa shape index (κ2) is 8.83. The van der Waals surface area contributed by atoms with Crippen molar-refractivity contribution in [2.45, 2.75) is 71.6 Å². The van der Waals surface area contributed by atoms with Crippen molar-refractivity contribution in [1.82, 2.24) is 5.32 Å². The smallest absolute Gasteiger partial charge is 0.408 e. The Morgan fingerprint density at radius 3 is 1.96 bits per heavy atom. The van der Waals surface area contributed by atoms with Crippen molar-refractivity contribution in [1.29, 1.82) is 0 Å². The Morgan fingerprint density at radius 2 is 1.46 bits per heavy atom. The van der Waals surface area contributed by atoms with E-state index in [9.17, 15) is 14.4 Å². The van der Waals surface area contributed by atoms with Gasteiger partial charge in [0.05, 0.1) is 6.04 Å². The molecule has 26 heavy (non-hydrogen) atoms. The topological polar surface area (TPSA) is 81.7 Å². The van der Waals surface area contributed by atoms with E-state index in [1.165, 1.54) is 0 Å². The maximum absolute atomic E-state index is 12.6. The summed E-state index contributed by atoms with van der Waals surface area (Å²) in [6.07, 6.45) is -0.845. The van der Waals surface area contributed by atoms with Gasteiger partial charge >= 0.3 is 12.1 Å². The third-order valence-corrected chi connectivity index (χ3v) is 3.10. The van der Waals surface area contributed by atoms with E-state index in [0.29, 0.717) is 0 Å². The van der Waals surface area contributed by atoms with E-state index < -0.39 is 41.5 Å². The van der Waals surface area contributed by atoms with Gasteiger partial charge in [0.1, 0.15) is 17.6 Å². The number of nitrogens with one attached hydrogen (secondary N) is 1. The van der Waals surface area contributed by atoms with Crippen LogP contribution in [-0.2, 0) is 25.5 Å². The highest BCUT2D eigenvalue weighted by atomic mass is 16.6. The summed E-state index contributed by atoms with van der Waals surface area (Å²) in [5.74, 6) is -1.04. The van der Waals surface area contributed by atoms with E-state index in [1.807, 2.05) is 30.3 Å². The molecule has 1 aromatic carbocycles. The second-order valence-corrected chi connectivity index (χ2v) is 8.12. The molecule has 144 valence electrons. The SMILES string of the molecule is CC(C)(C)OC(=O)CC(=O)[C@H](Cc1ccccc1)NC(=O)OC(C)(C)C. The fraction of sp³-hybridized carbons (Fsp3) is 0.550. The van der Waals surface area contributed by atoms with Gasteiger partial charge in [0.15, 0.2) is 5.78 Å². The second-order valence-electron chi connectivity index (χ2n) is 8.12. The van der Waals surface area contributed by atoms with Gasteiger partial charge in [-0.3, -0.25) is 9.59 Å². The minimum Gasteiger partial charge on any atom is -0.460 e. The fourth-order valence-corrected chi connectivity index (χ4v) is 2.19. The van der Waals surface area contributed by atoms with Gasteiger partial charge in [0.2, 0.25) is 0 Å². The van der Waals surface area contributed by atoms with Gasteiger partial charge in [-0.05, 0) is 53.5 Å². The number of Topliss-reactive ketones (excluding diaryl/α,β-unsaturated/α-hetero) is 1. The summed E-state index contributed by atoms with van der Waals surface area (Å²) < 4.78 is 10.4. The van der Waals surface area contributed by atoms with Gasteiger partial charge < -0.3 is 14.8 Å². The average Bonchev–Trinajstić information content (AvgIpc) is 2.43. The van der Waals surface area contributed by atoms with Crippen LogP contribution in [0.15, 0.2) is 30.3 Å². The number of carbonyl (C=O) groups is 3. The summed E-state index contributed by atoms with van der Waals surface area (Å²) in [6, 6.07) is 8.38. The maximum atomic E-state index is 12.6. The predicted molar refractivity (Wildman–Crippen MR) is 98.8 cm³/mol. The number of alkyl carbamates (subject to hydrolysis) is 1. The van der Waals surface area contributed by atoms with Crippen molar-refractivity contribution < 1.29 is 23.9 Å². The van der Waals surface area contributed by atoms with Gasteiger partial charge in [-0.1, -0.05) is 30.3 Å². The number of ketones is 1. The minimum absolute atomic E-state index is 0.266. The first-order chi connectivity index (χ1) is 11.9. The van der Waals surface area contributed by atoms with Crippen molar-refractivity contribution in [3.8, 4) is 0 Å². The van der Waals surface area contributed by atoms with Crippen molar-refractivity contribution >= 4 is 17.8 Å². The molecule has 0 bridgehead atoms. The molecule has 1 rings (SSSR count). The molecular formula is C20H29NO5. The van der Waals surface area contributed by atoms with Crippen LogP contribution in [0.25, 0.3) is 0 Å². The van der Waals surface area contributed by atoms with Crippen LogP contribution in [0.5, 0.6) is 0 Å². The van der Waals surface area contributed by atoms with Crippen LogP contribution in [0, 0.1) is 0 Å². The first kappa shape index (κ1) is 21.7. The molecule has 1 amide bonds. The molecule has 0 heterocycles. The number of rotatable bonds is 6. The van der Waals surface area contributed by atoms with Gasteiger partial charge in [0, 0.05) is 0 Å². The molecule has 1 atom stereocenters. The number of hydrogen-bond donors (Lipinski definition) is 1. The highest BCUT2D eigenvalue weighted by Crippen LogP contribution is 2.12. The molecule has 0 fully saturated rings. The normalized spacial score (nSPS) is 12.8. The molecule has 0 aliphatic carbocycles. The Balaban J connectivity index is 2.83. The maximum Gasteiger partial charge on any atom is 0.408 e. The molecule has 0 unspecified atom stereocenters. The van der Waals surface area contributed by atoms with Gasteiger partial charge in [0.25, 0.3) is 0 Å². The molecule has 0 aliphatic heterocycles. The van der Waals surface area contributed by atoms with Crippen LogP contribution in [-0.4, -0.2) is 35.1 Å². The van der Waals surface area contributed by atoms with E-state index >= 15 is 0 Å². The van der Waals surface area contributed by atoms with Gasteiger partial charge in [-0.15, -0.1) is 0 Å². The van der Waals surface area contributed by atoms with Crippen LogP contribution >= 0.6 is 0 Å². The zero-order valence-electron chi connectivity index (χ0n) is 16.4. The van der Waals surface area contributed by atoms with Crippen LogP contribution in [0.4, 0.5) is 4.79 Å². The molecule has 0 saturated carbocycles. The number of benzene rings is 1. The summed E-state index contributed by atoms with van der Waals surface area (Å²) in [6.45, 7) is 10.4. The molecule has 0 aliphatic rings. The molecule has 0 saturated heterocycles. The zero-order chi connectivity index (χ0) is 20.0. The lowest BCUT2D eigenvalue weighted by Gasteiger charge is -2.24. The molecule has 6 heteroatoms. The highest BCUT2D eigenvalue weighted by molar-refractivity contribution is 5.99. The number of hydrogen-bond acceptors (Lipinski definition) is 5.